The summed E-state index contributed by atoms with van der Waals surface area (Å²) in [6, 6.07) is 7.72. The molecule has 1 aromatic carbocycles. The highest BCUT2D eigenvalue weighted by atomic mass is 35.5. The minimum absolute atomic E-state index is 0.173. The number of benzene rings is 1. The van der Waals surface area contributed by atoms with Crippen molar-refractivity contribution in [3.63, 3.8) is 0 Å². The summed E-state index contributed by atoms with van der Waals surface area (Å²) in [6.45, 7) is 3.84. The molecule has 0 N–H and O–H groups in total. The van der Waals surface area contributed by atoms with Crippen LogP contribution < -0.4 is 0 Å². The molecule has 1 amide bonds. The SMILES string of the molecule is CCc1c(C(=O)N2CCCCC2)c(C2CC2)nn1-c1cccc(Cl)c1. The van der Waals surface area contributed by atoms with E-state index in [1.54, 1.807) is 0 Å². The van der Waals surface area contributed by atoms with Gasteiger partial charge in [-0.05, 0) is 56.7 Å². The average molecular weight is 358 g/mol. The van der Waals surface area contributed by atoms with Crippen molar-refractivity contribution in [3.05, 3.63) is 46.2 Å². The van der Waals surface area contributed by atoms with Crippen LogP contribution in [0.1, 0.15) is 66.7 Å². The number of rotatable bonds is 4. The topological polar surface area (TPSA) is 38.1 Å². The van der Waals surface area contributed by atoms with E-state index in [4.69, 9.17) is 16.7 Å². The third-order valence-electron chi connectivity index (χ3n) is 5.22. The molecule has 25 heavy (non-hydrogen) atoms. The smallest absolute Gasteiger partial charge is 0.257 e. The highest BCUT2D eigenvalue weighted by Crippen LogP contribution is 2.42. The lowest BCUT2D eigenvalue weighted by Gasteiger charge is -2.27. The minimum Gasteiger partial charge on any atom is -0.339 e. The molecule has 1 saturated heterocycles. The number of piperidine rings is 1. The van der Waals surface area contributed by atoms with Gasteiger partial charge in [-0.1, -0.05) is 24.6 Å². The van der Waals surface area contributed by atoms with Gasteiger partial charge in [0.15, 0.2) is 0 Å². The van der Waals surface area contributed by atoms with Gasteiger partial charge in [-0.15, -0.1) is 0 Å². The predicted octanol–water partition coefficient (Wildman–Crippen LogP) is 4.59. The zero-order valence-corrected chi connectivity index (χ0v) is 15.4. The largest absolute Gasteiger partial charge is 0.339 e. The molecule has 5 heteroatoms. The number of hydrogen-bond acceptors (Lipinski definition) is 2. The van der Waals surface area contributed by atoms with Crippen LogP contribution in [-0.2, 0) is 6.42 Å². The highest BCUT2D eigenvalue weighted by molar-refractivity contribution is 6.30. The molecule has 0 spiro atoms. The van der Waals surface area contributed by atoms with E-state index in [0.717, 1.165) is 67.8 Å². The number of nitrogens with zero attached hydrogens (tertiary/aromatic N) is 3. The molecule has 4 nitrogen and oxygen atoms in total. The zero-order valence-electron chi connectivity index (χ0n) is 14.7. The van der Waals surface area contributed by atoms with E-state index in [2.05, 4.69) is 6.92 Å². The normalized spacial score (nSPS) is 17.8. The van der Waals surface area contributed by atoms with E-state index in [1.807, 2.05) is 33.8 Å². The molecule has 0 unspecified atom stereocenters. The molecule has 4 rings (SSSR count). The Morgan fingerprint density at radius 2 is 2.00 bits per heavy atom. The van der Waals surface area contributed by atoms with Gasteiger partial charge in [0, 0.05) is 24.0 Å². The van der Waals surface area contributed by atoms with Crippen LogP contribution in [0, 0.1) is 0 Å². The predicted molar refractivity (Wildman–Crippen MR) is 99.7 cm³/mol. The first-order valence-electron chi connectivity index (χ1n) is 9.36. The Balaban J connectivity index is 1.80. The van der Waals surface area contributed by atoms with Crippen molar-refractivity contribution in [2.75, 3.05) is 13.1 Å². The van der Waals surface area contributed by atoms with Crippen LogP contribution in [0.2, 0.25) is 5.02 Å². The molecule has 2 fully saturated rings. The van der Waals surface area contributed by atoms with Crippen LogP contribution in [0.4, 0.5) is 0 Å². The van der Waals surface area contributed by atoms with Gasteiger partial charge >= 0.3 is 0 Å². The Labute approximate surface area is 153 Å². The van der Waals surface area contributed by atoms with Gasteiger partial charge in [0.2, 0.25) is 0 Å². The maximum absolute atomic E-state index is 13.3. The van der Waals surface area contributed by atoms with E-state index in [-0.39, 0.29) is 5.91 Å². The lowest BCUT2D eigenvalue weighted by Crippen LogP contribution is -2.36. The fourth-order valence-corrected chi connectivity index (χ4v) is 3.93. The summed E-state index contributed by atoms with van der Waals surface area (Å²) in [5.41, 5.74) is 3.79. The lowest BCUT2D eigenvalue weighted by atomic mass is 10.0. The molecular weight excluding hydrogens is 334 g/mol. The quantitative estimate of drug-likeness (QED) is 0.802. The molecule has 1 aliphatic carbocycles. The molecule has 1 aliphatic heterocycles. The Morgan fingerprint density at radius 1 is 1.24 bits per heavy atom. The van der Waals surface area contributed by atoms with Crippen molar-refractivity contribution in [2.45, 2.75) is 51.4 Å². The van der Waals surface area contributed by atoms with Crippen molar-refractivity contribution in [3.8, 4) is 5.69 Å². The Morgan fingerprint density at radius 3 is 2.64 bits per heavy atom. The molecule has 0 atom stereocenters. The molecule has 2 aromatic rings. The molecule has 0 radical (unpaired) electrons. The number of likely N-dealkylation sites (tertiary alicyclic amines) is 1. The molecule has 1 saturated carbocycles. The summed E-state index contributed by atoms with van der Waals surface area (Å²) in [6.07, 6.45) is 6.48. The van der Waals surface area contributed by atoms with E-state index < -0.39 is 0 Å². The fourth-order valence-electron chi connectivity index (χ4n) is 3.75. The van der Waals surface area contributed by atoms with Crippen LogP contribution in [0.3, 0.4) is 0 Å². The zero-order chi connectivity index (χ0) is 17.4. The van der Waals surface area contributed by atoms with E-state index in [1.165, 1.54) is 6.42 Å². The van der Waals surface area contributed by atoms with Crippen LogP contribution in [0.25, 0.3) is 5.69 Å². The number of aromatic nitrogens is 2. The monoisotopic (exact) mass is 357 g/mol. The van der Waals surface area contributed by atoms with Crippen molar-refractivity contribution in [2.24, 2.45) is 0 Å². The van der Waals surface area contributed by atoms with Gasteiger partial charge < -0.3 is 4.90 Å². The number of hydrogen-bond donors (Lipinski definition) is 0. The first kappa shape index (κ1) is 16.6. The van der Waals surface area contributed by atoms with Crippen molar-refractivity contribution in [1.29, 1.82) is 0 Å². The van der Waals surface area contributed by atoms with Crippen LogP contribution in [0.5, 0.6) is 0 Å². The van der Waals surface area contributed by atoms with Crippen LogP contribution in [-0.4, -0.2) is 33.7 Å². The lowest BCUT2D eigenvalue weighted by molar-refractivity contribution is 0.0722. The molecule has 1 aromatic heterocycles. The van der Waals surface area contributed by atoms with Gasteiger partial charge in [-0.2, -0.15) is 5.10 Å². The molecule has 2 heterocycles. The first-order valence-corrected chi connectivity index (χ1v) is 9.74. The third kappa shape index (κ3) is 3.20. The first-order chi connectivity index (χ1) is 12.2. The van der Waals surface area contributed by atoms with Gasteiger partial charge in [0.1, 0.15) is 0 Å². The maximum atomic E-state index is 13.3. The molecule has 0 bridgehead atoms. The highest BCUT2D eigenvalue weighted by Gasteiger charge is 2.36. The van der Waals surface area contributed by atoms with Gasteiger partial charge in [0.25, 0.3) is 5.91 Å². The van der Waals surface area contributed by atoms with Crippen molar-refractivity contribution in [1.82, 2.24) is 14.7 Å². The van der Waals surface area contributed by atoms with Crippen molar-refractivity contribution < 1.29 is 4.79 Å². The second-order valence-corrected chi connectivity index (χ2v) is 7.52. The summed E-state index contributed by atoms with van der Waals surface area (Å²) in [7, 11) is 0. The summed E-state index contributed by atoms with van der Waals surface area (Å²) in [5, 5.41) is 5.57. The number of halogens is 1. The average Bonchev–Trinajstić information content (AvgIpc) is 3.41. The Hall–Kier alpha value is -1.81. The van der Waals surface area contributed by atoms with E-state index >= 15 is 0 Å². The minimum atomic E-state index is 0.173. The number of carbonyl (C=O) groups is 1. The second-order valence-electron chi connectivity index (χ2n) is 7.08. The van der Waals surface area contributed by atoms with Crippen LogP contribution in [0.15, 0.2) is 24.3 Å². The van der Waals surface area contributed by atoms with Crippen molar-refractivity contribution >= 4 is 17.5 Å². The Bertz CT molecular complexity index is 788. The van der Waals surface area contributed by atoms with E-state index in [9.17, 15) is 4.79 Å². The van der Waals surface area contributed by atoms with E-state index in [0.29, 0.717) is 10.9 Å². The third-order valence-corrected chi connectivity index (χ3v) is 5.45. The number of amides is 1. The van der Waals surface area contributed by atoms with Gasteiger partial charge in [0.05, 0.1) is 22.6 Å². The summed E-state index contributed by atoms with van der Waals surface area (Å²) >= 11 is 6.18. The van der Waals surface area contributed by atoms with Gasteiger partial charge in [-0.3, -0.25) is 4.79 Å². The molecular formula is C20H24ClN3O. The standard InChI is InChI=1S/C20H24ClN3O/c1-2-17-18(20(25)23-11-4-3-5-12-23)19(14-9-10-14)22-24(17)16-8-6-7-15(21)13-16/h6-8,13-14H,2-5,9-12H2,1H3. The maximum Gasteiger partial charge on any atom is 0.257 e. The number of carbonyl (C=O) groups excluding carboxylic acids is 1. The molecule has 132 valence electrons. The Kier molecular flexibility index (Phi) is 4.55. The summed E-state index contributed by atoms with van der Waals surface area (Å²) in [5.74, 6) is 0.612. The van der Waals surface area contributed by atoms with Crippen LogP contribution >= 0.6 is 11.6 Å². The second kappa shape index (κ2) is 6.83. The summed E-state index contributed by atoms with van der Waals surface area (Å²) in [4.78, 5) is 15.3. The summed E-state index contributed by atoms with van der Waals surface area (Å²) < 4.78 is 1.94. The van der Waals surface area contributed by atoms with Gasteiger partial charge in [-0.25, -0.2) is 4.68 Å². The molecule has 2 aliphatic rings. The fraction of sp³-hybridized carbons (Fsp3) is 0.500.